The average Bonchev–Trinajstić information content (AvgIpc) is 3.27. The van der Waals surface area contributed by atoms with E-state index in [1.165, 1.54) is 11.8 Å². The van der Waals surface area contributed by atoms with Crippen molar-refractivity contribution in [1.29, 1.82) is 0 Å². The molecule has 28 heavy (non-hydrogen) atoms. The number of carbonyl (C=O) groups is 1. The van der Waals surface area contributed by atoms with Gasteiger partial charge in [0.2, 0.25) is 6.79 Å². The lowest BCUT2D eigenvalue weighted by atomic mass is 10.1. The molecule has 2 aliphatic rings. The molecule has 0 radical (unpaired) electrons. The minimum atomic E-state index is -0.141. The van der Waals surface area contributed by atoms with E-state index in [0.717, 1.165) is 11.1 Å². The van der Waals surface area contributed by atoms with Crippen molar-refractivity contribution in [1.82, 2.24) is 4.90 Å². The first-order chi connectivity index (χ1) is 13.6. The predicted molar refractivity (Wildman–Crippen MR) is 111 cm³/mol. The molecule has 2 aromatic carbocycles. The van der Waals surface area contributed by atoms with Crippen molar-refractivity contribution >= 4 is 40.3 Å². The Morgan fingerprint density at radius 2 is 1.96 bits per heavy atom. The van der Waals surface area contributed by atoms with Gasteiger partial charge in [-0.05, 0) is 42.0 Å². The predicted octanol–water partition coefficient (Wildman–Crippen LogP) is 3.83. The second kappa shape index (κ2) is 7.73. The zero-order valence-electron chi connectivity index (χ0n) is 15.3. The molecule has 0 bridgehead atoms. The van der Waals surface area contributed by atoms with Crippen LogP contribution in [0, 0.1) is 0 Å². The number of ether oxygens (including phenoxy) is 4. The van der Waals surface area contributed by atoms with Gasteiger partial charge in [-0.3, -0.25) is 9.69 Å². The van der Waals surface area contributed by atoms with E-state index in [-0.39, 0.29) is 12.7 Å². The second-order valence-corrected chi connectivity index (χ2v) is 7.74. The van der Waals surface area contributed by atoms with E-state index in [4.69, 9.17) is 31.2 Å². The first-order valence-electron chi connectivity index (χ1n) is 8.45. The molecule has 2 aliphatic heterocycles. The third-order valence-electron chi connectivity index (χ3n) is 4.37. The maximum absolute atomic E-state index is 12.9. The Hall–Kier alpha value is -2.71. The average molecular weight is 415 g/mol. The van der Waals surface area contributed by atoms with E-state index in [9.17, 15) is 4.79 Å². The summed E-state index contributed by atoms with van der Waals surface area (Å²) >= 11 is 6.71. The van der Waals surface area contributed by atoms with E-state index >= 15 is 0 Å². The van der Waals surface area contributed by atoms with Crippen LogP contribution in [0.25, 0.3) is 6.08 Å². The van der Waals surface area contributed by atoms with Crippen LogP contribution in [0.2, 0.25) is 0 Å². The SMILES string of the molecule is COc1ccc(OC)c(/C=C2/SC(=S)N(Cc3ccc4c(c3)OCO4)C2=O)c1. The number of thioether (sulfide) groups is 1. The van der Waals surface area contributed by atoms with Gasteiger partial charge in [0.25, 0.3) is 5.91 Å². The van der Waals surface area contributed by atoms with Crippen LogP contribution in [0.15, 0.2) is 41.3 Å². The molecule has 144 valence electrons. The molecular formula is C20H17NO5S2. The molecule has 8 heteroatoms. The van der Waals surface area contributed by atoms with Crippen LogP contribution in [0.5, 0.6) is 23.0 Å². The van der Waals surface area contributed by atoms with Gasteiger partial charge in [-0.25, -0.2) is 0 Å². The highest BCUT2D eigenvalue weighted by Crippen LogP contribution is 2.37. The maximum atomic E-state index is 12.9. The lowest BCUT2D eigenvalue weighted by molar-refractivity contribution is -0.122. The van der Waals surface area contributed by atoms with E-state index in [0.29, 0.717) is 38.8 Å². The first-order valence-corrected chi connectivity index (χ1v) is 9.67. The molecule has 1 amide bonds. The normalized spacial score (nSPS) is 16.8. The fraction of sp³-hybridized carbons (Fsp3) is 0.200. The molecular weight excluding hydrogens is 398 g/mol. The third-order valence-corrected chi connectivity index (χ3v) is 5.75. The molecule has 0 spiro atoms. The summed E-state index contributed by atoms with van der Waals surface area (Å²) in [4.78, 5) is 15.1. The van der Waals surface area contributed by atoms with Crippen LogP contribution in [0.3, 0.4) is 0 Å². The van der Waals surface area contributed by atoms with Crippen molar-refractivity contribution in [2.75, 3.05) is 21.0 Å². The van der Waals surface area contributed by atoms with Gasteiger partial charge >= 0.3 is 0 Å². The topological polar surface area (TPSA) is 57.2 Å². The Bertz CT molecular complexity index is 989. The minimum absolute atomic E-state index is 0.141. The molecule has 0 unspecified atom stereocenters. The van der Waals surface area contributed by atoms with Crippen molar-refractivity contribution in [3.63, 3.8) is 0 Å². The summed E-state index contributed by atoms with van der Waals surface area (Å²) in [6.45, 7) is 0.582. The van der Waals surface area contributed by atoms with E-state index < -0.39 is 0 Å². The van der Waals surface area contributed by atoms with Crippen LogP contribution in [0.4, 0.5) is 0 Å². The highest BCUT2D eigenvalue weighted by atomic mass is 32.2. The Labute approximate surface area is 172 Å². The summed E-state index contributed by atoms with van der Waals surface area (Å²) in [6, 6.07) is 11.0. The zero-order chi connectivity index (χ0) is 19.7. The standard InChI is InChI=1S/C20H17NO5S2/c1-23-14-4-6-15(24-2)13(8-14)9-18-19(22)21(20(27)28-18)10-12-3-5-16-17(7-12)26-11-25-16/h3-9H,10-11H2,1-2H3/b18-9+. The quantitative estimate of drug-likeness (QED) is 0.543. The maximum Gasteiger partial charge on any atom is 0.266 e. The molecule has 2 heterocycles. The number of amides is 1. The number of thiocarbonyl (C=S) groups is 1. The second-order valence-electron chi connectivity index (χ2n) is 6.06. The Balaban J connectivity index is 1.58. The lowest BCUT2D eigenvalue weighted by Crippen LogP contribution is -2.27. The smallest absolute Gasteiger partial charge is 0.266 e. The molecule has 6 nitrogen and oxygen atoms in total. The van der Waals surface area contributed by atoms with E-state index in [1.54, 1.807) is 37.3 Å². The van der Waals surface area contributed by atoms with Crippen molar-refractivity contribution in [2.24, 2.45) is 0 Å². The largest absolute Gasteiger partial charge is 0.497 e. The third kappa shape index (κ3) is 3.53. The summed E-state index contributed by atoms with van der Waals surface area (Å²) < 4.78 is 21.9. The summed E-state index contributed by atoms with van der Waals surface area (Å²) in [5.74, 6) is 2.58. The van der Waals surface area contributed by atoms with Gasteiger partial charge in [0.1, 0.15) is 15.8 Å². The summed E-state index contributed by atoms with van der Waals surface area (Å²) in [7, 11) is 3.18. The summed E-state index contributed by atoms with van der Waals surface area (Å²) in [6.07, 6.45) is 1.78. The van der Waals surface area contributed by atoms with Crippen molar-refractivity contribution in [3.05, 3.63) is 52.4 Å². The molecule has 0 N–H and O–H groups in total. The molecule has 0 aromatic heterocycles. The van der Waals surface area contributed by atoms with Crippen LogP contribution in [-0.4, -0.2) is 36.1 Å². The Kier molecular flexibility index (Phi) is 5.15. The highest BCUT2D eigenvalue weighted by molar-refractivity contribution is 8.26. The molecule has 1 fully saturated rings. The Morgan fingerprint density at radius 1 is 1.14 bits per heavy atom. The van der Waals surface area contributed by atoms with Crippen LogP contribution >= 0.6 is 24.0 Å². The van der Waals surface area contributed by atoms with Crippen molar-refractivity contribution in [2.45, 2.75) is 6.54 Å². The summed E-state index contributed by atoms with van der Waals surface area (Å²) in [5.41, 5.74) is 1.67. The van der Waals surface area contributed by atoms with E-state index in [1.807, 2.05) is 24.3 Å². The number of fused-ring (bicyclic) bond motifs is 1. The fourth-order valence-electron chi connectivity index (χ4n) is 2.95. The number of nitrogens with zero attached hydrogens (tertiary/aromatic N) is 1. The van der Waals surface area contributed by atoms with Crippen LogP contribution in [0.1, 0.15) is 11.1 Å². The number of rotatable bonds is 5. The molecule has 0 atom stereocenters. The van der Waals surface area contributed by atoms with Gasteiger partial charge in [0, 0.05) is 5.56 Å². The molecule has 2 aromatic rings. The van der Waals surface area contributed by atoms with Crippen LogP contribution in [-0.2, 0) is 11.3 Å². The van der Waals surface area contributed by atoms with Crippen LogP contribution < -0.4 is 18.9 Å². The van der Waals surface area contributed by atoms with Gasteiger partial charge in [0.05, 0.1) is 25.7 Å². The molecule has 4 rings (SSSR count). The van der Waals surface area contributed by atoms with Crippen molar-refractivity contribution in [3.8, 4) is 23.0 Å². The van der Waals surface area contributed by atoms with Gasteiger partial charge in [-0.2, -0.15) is 0 Å². The molecule has 0 aliphatic carbocycles. The number of benzene rings is 2. The molecule has 1 saturated heterocycles. The number of methoxy groups -OCH3 is 2. The first kappa shape index (κ1) is 18.6. The zero-order valence-corrected chi connectivity index (χ0v) is 16.9. The Morgan fingerprint density at radius 3 is 2.75 bits per heavy atom. The van der Waals surface area contributed by atoms with Gasteiger partial charge < -0.3 is 18.9 Å². The summed E-state index contributed by atoms with van der Waals surface area (Å²) in [5, 5.41) is 0. The number of hydrogen-bond acceptors (Lipinski definition) is 7. The highest BCUT2D eigenvalue weighted by Gasteiger charge is 2.32. The van der Waals surface area contributed by atoms with Gasteiger partial charge in [-0.15, -0.1) is 0 Å². The van der Waals surface area contributed by atoms with Gasteiger partial charge in [0.15, 0.2) is 11.5 Å². The monoisotopic (exact) mass is 415 g/mol. The minimum Gasteiger partial charge on any atom is -0.497 e. The molecule has 0 saturated carbocycles. The lowest BCUT2D eigenvalue weighted by Gasteiger charge is -2.14. The number of hydrogen-bond donors (Lipinski definition) is 0. The number of carbonyl (C=O) groups excluding carboxylic acids is 1. The van der Waals surface area contributed by atoms with Gasteiger partial charge in [-0.1, -0.05) is 30.0 Å². The van der Waals surface area contributed by atoms with Crippen molar-refractivity contribution < 1.29 is 23.7 Å². The fourth-order valence-corrected chi connectivity index (χ4v) is 4.20. The van der Waals surface area contributed by atoms with E-state index in [2.05, 4.69) is 0 Å².